The number of benzene rings is 2. The number of hydrogen-bond donors (Lipinski definition) is 4. The predicted molar refractivity (Wildman–Crippen MR) is 123 cm³/mol. The molecule has 1 heterocycles. The Morgan fingerprint density at radius 2 is 1.90 bits per heavy atom. The molecule has 0 saturated carbocycles. The van der Waals surface area contributed by atoms with E-state index < -0.39 is 6.04 Å². The molecule has 1 atom stereocenters. The molecular formula is C24H32N4O3. The minimum Gasteiger partial charge on any atom is -0.490 e. The number of amidine groups is 1. The van der Waals surface area contributed by atoms with E-state index in [1.165, 1.54) is 0 Å². The lowest BCUT2D eigenvalue weighted by atomic mass is 10.0. The van der Waals surface area contributed by atoms with Crippen molar-refractivity contribution in [3.63, 3.8) is 0 Å². The Hall–Kier alpha value is -3.06. The van der Waals surface area contributed by atoms with Crippen LogP contribution in [0.5, 0.6) is 5.75 Å². The Balaban J connectivity index is 1.88. The van der Waals surface area contributed by atoms with E-state index in [9.17, 15) is 4.79 Å². The van der Waals surface area contributed by atoms with E-state index in [0.29, 0.717) is 12.2 Å². The molecule has 31 heavy (non-hydrogen) atoms. The number of carbonyl (C=O) groups is 1. The minimum atomic E-state index is -0.676. The molecule has 7 heteroatoms. The molecule has 0 bridgehead atoms. The van der Waals surface area contributed by atoms with Gasteiger partial charge >= 0.3 is 5.97 Å². The van der Waals surface area contributed by atoms with Crippen molar-refractivity contribution >= 4 is 17.5 Å². The van der Waals surface area contributed by atoms with E-state index >= 15 is 0 Å². The number of aryl methyl sites for hydroxylation is 1. The average molecular weight is 425 g/mol. The van der Waals surface area contributed by atoms with E-state index in [2.05, 4.69) is 23.6 Å². The second-order valence-electron chi connectivity index (χ2n) is 7.65. The second kappa shape index (κ2) is 10.8. The van der Waals surface area contributed by atoms with Crippen molar-refractivity contribution in [2.45, 2.75) is 45.3 Å². The van der Waals surface area contributed by atoms with E-state index in [4.69, 9.17) is 20.6 Å². The molecule has 0 aromatic heterocycles. The SMILES string of the molecule is CCOC(=O)C(Nc1ccc(C(=N)N)cc1)c1cc(CC)cc(OC2CCNCC2)c1. The maximum absolute atomic E-state index is 12.8. The van der Waals surface area contributed by atoms with Crippen LogP contribution in [0.4, 0.5) is 5.69 Å². The van der Waals surface area contributed by atoms with Crippen LogP contribution >= 0.6 is 0 Å². The number of rotatable bonds is 9. The van der Waals surface area contributed by atoms with Crippen molar-refractivity contribution in [2.75, 3.05) is 25.0 Å². The highest BCUT2D eigenvalue weighted by Crippen LogP contribution is 2.28. The molecule has 1 aliphatic heterocycles. The summed E-state index contributed by atoms with van der Waals surface area (Å²) in [5.74, 6) is 0.437. The molecule has 5 N–H and O–H groups in total. The zero-order valence-corrected chi connectivity index (χ0v) is 18.2. The summed E-state index contributed by atoms with van der Waals surface area (Å²) in [6.45, 7) is 6.08. The first kappa shape index (κ1) is 22.6. The van der Waals surface area contributed by atoms with Crippen LogP contribution in [-0.4, -0.2) is 37.6 Å². The average Bonchev–Trinajstić information content (AvgIpc) is 2.78. The summed E-state index contributed by atoms with van der Waals surface area (Å²) in [6.07, 6.45) is 2.94. The van der Waals surface area contributed by atoms with Crippen LogP contribution in [0, 0.1) is 5.41 Å². The quantitative estimate of drug-likeness (QED) is 0.279. The fourth-order valence-electron chi connectivity index (χ4n) is 3.65. The Bertz CT molecular complexity index is 892. The first-order valence-electron chi connectivity index (χ1n) is 10.9. The summed E-state index contributed by atoms with van der Waals surface area (Å²) in [7, 11) is 0. The predicted octanol–water partition coefficient (Wildman–Crippen LogP) is 3.38. The number of nitrogens with two attached hydrogens (primary N) is 1. The molecule has 0 spiro atoms. The maximum atomic E-state index is 12.8. The third-order valence-electron chi connectivity index (χ3n) is 5.35. The minimum absolute atomic E-state index is 0.00356. The third kappa shape index (κ3) is 6.21. The number of carbonyl (C=O) groups excluding carboxylic acids is 1. The summed E-state index contributed by atoms with van der Waals surface area (Å²) >= 11 is 0. The Morgan fingerprint density at radius 1 is 1.19 bits per heavy atom. The Labute approximate surface area is 183 Å². The molecule has 2 aromatic rings. The topological polar surface area (TPSA) is 109 Å². The monoisotopic (exact) mass is 424 g/mol. The van der Waals surface area contributed by atoms with Gasteiger partial charge in [-0.2, -0.15) is 0 Å². The number of esters is 1. The highest BCUT2D eigenvalue weighted by molar-refractivity contribution is 5.95. The van der Waals surface area contributed by atoms with Gasteiger partial charge in [0, 0.05) is 11.3 Å². The molecule has 1 fully saturated rings. The highest BCUT2D eigenvalue weighted by Gasteiger charge is 2.24. The molecule has 166 valence electrons. The molecule has 0 amide bonds. The zero-order valence-electron chi connectivity index (χ0n) is 18.2. The van der Waals surface area contributed by atoms with Gasteiger partial charge in [-0.25, -0.2) is 4.79 Å². The first-order chi connectivity index (χ1) is 15.0. The van der Waals surface area contributed by atoms with E-state index in [-0.39, 0.29) is 17.9 Å². The van der Waals surface area contributed by atoms with Crippen LogP contribution in [0.2, 0.25) is 0 Å². The van der Waals surface area contributed by atoms with Crippen LogP contribution in [0.1, 0.15) is 49.4 Å². The largest absolute Gasteiger partial charge is 0.490 e. The number of hydrogen-bond acceptors (Lipinski definition) is 6. The molecule has 3 rings (SSSR count). The molecule has 1 aliphatic rings. The Kier molecular flexibility index (Phi) is 7.89. The van der Waals surface area contributed by atoms with E-state index in [1.807, 2.05) is 12.1 Å². The standard InChI is InChI=1S/C24H32N4O3/c1-3-16-13-18(15-21(14-16)31-20-9-11-27-12-10-20)22(24(29)30-4-2)28-19-7-5-17(6-8-19)23(25)26/h5-8,13-15,20,22,27-28H,3-4,9-12H2,1-2H3,(H3,25,26). The van der Waals surface area contributed by atoms with Gasteiger partial charge in [-0.3, -0.25) is 5.41 Å². The van der Waals surface area contributed by atoms with Crippen LogP contribution < -0.4 is 21.1 Å². The van der Waals surface area contributed by atoms with Crippen molar-refractivity contribution in [3.8, 4) is 5.75 Å². The van der Waals surface area contributed by atoms with Gasteiger partial charge in [0.05, 0.1) is 6.61 Å². The smallest absolute Gasteiger partial charge is 0.333 e. The number of nitrogen functional groups attached to an aromatic ring is 1. The van der Waals surface area contributed by atoms with E-state index in [0.717, 1.165) is 54.9 Å². The van der Waals surface area contributed by atoms with Crippen molar-refractivity contribution in [1.29, 1.82) is 5.41 Å². The normalized spacial score (nSPS) is 15.2. The van der Waals surface area contributed by atoms with Gasteiger partial charge in [0.1, 0.15) is 17.7 Å². The van der Waals surface area contributed by atoms with Crippen molar-refractivity contribution < 1.29 is 14.3 Å². The molecule has 2 aromatic carbocycles. The number of nitrogens with one attached hydrogen (secondary N) is 3. The van der Waals surface area contributed by atoms with Crippen LogP contribution in [-0.2, 0) is 16.0 Å². The lowest BCUT2D eigenvalue weighted by Crippen LogP contribution is -2.34. The van der Waals surface area contributed by atoms with Gasteiger partial charge in [-0.1, -0.05) is 13.0 Å². The zero-order chi connectivity index (χ0) is 22.2. The summed E-state index contributed by atoms with van der Waals surface area (Å²) in [5, 5.41) is 14.2. The fraction of sp³-hybridized carbons (Fsp3) is 0.417. The highest BCUT2D eigenvalue weighted by atomic mass is 16.5. The summed E-state index contributed by atoms with van der Waals surface area (Å²) in [5.41, 5.74) is 8.81. The molecule has 0 aliphatic carbocycles. The van der Waals surface area contributed by atoms with Gasteiger partial charge in [0.25, 0.3) is 0 Å². The lowest BCUT2D eigenvalue weighted by molar-refractivity contribution is -0.144. The van der Waals surface area contributed by atoms with Crippen LogP contribution in [0.15, 0.2) is 42.5 Å². The van der Waals surface area contributed by atoms with Gasteiger partial charge in [0.15, 0.2) is 6.04 Å². The third-order valence-corrected chi connectivity index (χ3v) is 5.35. The maximum Gasteiger partial charge on any atom is 0.333 e. The van der Waals surface area contributed by atoms with E-state index in [1.54, 1.807) is 31.2 Å². The molecule has 7 nitrogen and oxygen atoms in total. The lowest BCUT2D eigenvalue weighted by Gasteiger charge is -2.25. The molecule has 1 saturated heterocycles. The van der Waals surface area contributed by atoms with Crippen LogP contribution in [0.3, 0.4) is 0 Å². The summed E-state index contributed by atoms with van der Waals surface area (Å²) in [6, 6.07) is 12.4. The molecule has 0 radical (unpaired) electrons. The van der Waals surface area contributed by atoms with Crippen molar-refractivity contribution in [3.05, 3.63) is 59.2 Å². The number of ether oxygens (including phenoxy) is 2. The van der Waals surface area contributed by atoms with Gasteiger partial charge < -0.3 is 25.8 Å². The summed E-state index contributed by atoms with van der Waals surface area (Å²) < 4.78 is 11.6. The number of anilines is 1. The van der Waals surface area contributed by atoms with Gasteiger partial charge in [-0.15, -0.1) is 0 Å². The van der Waals surface area contributed by atoms with Crippen LogP contribution in [0.25, 0.3) is 0 Å². The Morgan fingerprint density at radius 3 is 2.52 bits per heavy atom. The molecule has 1 unspecified atom stereocenters. The molecular weight excluding hydrogens is 392 g/mol. The van der Waals surface area contributed by atoms with Crippen molar-refractivity contribution in [1.82, 2.24) is 5.32 Å². The fourth-order valence-corrected chi connectivity index (χ4v) is 3.65. The summed E-state index contributed by atoms with van der Waals surface area (Å²) in [4.78, 5) is 12.8. The van der Waals surface area contributed by atoms with Crippen molar-refractivity contribution in [2.24, 2.45) is 5.73 Å². The first-order valence-corrected chi connectivity index (χ1v) is 10.9. The van der Waals surface area contributed by atoms with Gasteiger partial charge in [-0.05, 0) is 86.8 Å². The van der Waals surface area contributed by atoms with Gasteiger partial charge in [0.2, 0.25) is 0 Å². The number of piperidine rings is 1. The second-order valence-corrected chi connectivity index (χ2v) is 7.65.